The maximum atomic E-state index is 14.2. The Morgan fingerprint density at radius 3 is 2.71 bits per heavy atom. The molecule has 1 unspecified atom stereocenters. The van der Waals surface area contributed by atoms with E-state index in [0.717, 1.165) is 55.1 Å². The van der Waals surface area contributed by atoms with E-state index >= 15 is 0 Å². The van der Waals surface area contributed by atoms with Crippen LogP contribution in [0.1, 0.15) is 55.6 Å². The summed E-state index contributed by atoms with van der Waals surface area (Å²) in [6.07, 6.45) is 5.76. The number of halogens is 2. The first-order valence-corrected chi connectivity index (χ1v) is 12.1. The quantitative estimate of drug-likeness (QED) is 0.497. The summed E-state index contributed by atoms with van der Waals surface area (Å²) >= 11 is 0.856. The van der Waals surface area contributed by atoms with Crippen LogP contribution in [-0.2, 0) is 0 Å². The smallest absolute Gasteiger partial charge is 0.277 e. The summed E-state index contributed by atoms with van der Waals surface area (Å²) in [7, 11) is 0. The van der Waals surface area contributed by atoms with Gasteiger partial charge in [0.15, 0.2) is 11.5 Å². The van der Waals surface area contributed by atoms with Crippen molar-refractivity contribution in [3.63, 3.8) is 0 Å². The molecule has 11 heteroatoms. The van der Waals surface area contributed by atoms with Crippen LogP contribution in [-0.4, -0.2) is 44.5 Å². The van der Waals surface area contributed by atoms with Gasteiger partial charge in [-0.1, -0.05) is 17.4 Å². The Morgan fingerprint density at radius 1 is 1.26 bits per heavy atom. The third-order valence-corrected chi connectivity index (χ3v) is 7.22. The lowest BCUT2D eigenvalue weighted by atomic mass is 9.98. The molecule has 2 aromatic heterocycles. The molecule has 0 radical (unpaired) electrons. The first-order chi connectivity index (χ1) is 16.2. The zero-order valence-corrected chi connectivity index (χ0v) is 19.5. The van der Waals surface area contributed by atoms with E-state index in [9.17, 15) is 18.7 Å². The van der Waals surface area contributed by atoms with Crippen molar-refractivity contribution in [2.75, 3.05) is 29.0 Å². The van der Waals surface area contributed by atoms with Gasteiger partial charge in [-0.05, 0) is 51.2 Å². The lowest BCUT2D eigenvalue weighted by Gasteiger charge is -2.26. The van der Waals surface area contributed by atoms with Crippen molar-refractivity contribution >= 4 is 33.8 Å². The number of hydrogen-bond donors (Lipinski definition) is 3. The molecule has 5 rings (SSSR count). The number of nitrogen functional groups attached to an aromatic ring is 1. The van der Waals surface area contributed by atoms with Gasteiger partial charge in [0.2, 0.25) is 0 Å². The zero-order chi connectivity index (χ0) is 24.0. The molecule has 3 aromatic rings. The Morgan fingerprint density at radius 2 is 2.00 bits per heavy atom. The number of anilines is 3. The highest BCUT2D eigenvalue weighted by atomic mass is 32.1. The number of aliphatic hydroxyl groups is 1. The third kappa shape index (κ3) is 4.37. The Labute approximate surface area is 199 Å². The van der Waals surface area contributed by atoms with Crippen LogP contribution in [0.3, 0.4) is 0 Å². The monoisotopic (exact) mass is 488 g/mol. The van der Waals surface area contributed by atoms with Crippen LogP contribution in [0.4, 0.5) is 25.3 Å². The van der Waals surface area contributed by atoms with Crippen LogP contribution in [0.5, 0.6) is 0 Å². The number of carbonyl (C=O) groups is 1. The minimum absolute atomic E-state index is 0.00176. The molecule has 1 aliphatic carbocycles. The van der Waals surface area contributed by atoms with E-state index in [-0.39, 0.29) is 27.3 Å². The minimum atomic E-state index is -0.772. The molecule has 1 saturated heterocycles. The third-order valence-electron chi connectivity index (χ3n) is 6.32. The molecule has 4 N–H and O–H groups in total. The van der Waals surface area contributed by atoms with Gasteiger partial charge in [-0.2, -0.15) is 5.10 Å². The predicted molar refractivity (Wildman–Crippen MR) is 127 cm³/mol. The number of benzene rings is 1. The summed E-state index contributed by atoms with van der Waals surface area (Å²) < 4.78 is 30.3. The number of nitrogens with two attached hydrogens (primary N) is 1. The largest absolute Gasteiger partial charge is 0.390 e. The van der Waals surface area contributed by atoms with Gasteiger partial charge < -0.3 is 21.1 Å². The van der Waals surface area contributed by atoms with Crippen LogP contribution < -0.4 is 16.0 Å². The van der Waals surface area contributed by atoms with Crippen molar-refractivity contribution in [3.8, 4) is 10.6 Å². The van der Waals surface area contributed by atoms with Crippen molar-refractivity contribution in [3.05, 3.63) is 41.7 Å². The van der Waals surface area contributed by atoms with Crippen molar-refractivity contribution < 1.29 is 18.7 Å². The van der Waals surface area contributed by atoms with Crippen LogP contribution in [0.2, 0.25) is 0 Å². The van der Waals surface area contributed by atoms with Gasteiger partial charge in [0, 0.05) is 13.1 Å². The average Bonchev–Trinajstić information content (AvgIpc) is 3.47. The molecule has 8 nitrogen and oxygen atoms in total. The molecule has 1 aromatic carbocycles. The molecule has 1 aliphatic heterocycles. The molecule has 2 aliphatic rings. The SMILES string of the molecule is CC1(O)CCCN(c2c(NC(=O)c3nc(-c4c(F)cccc4F)sc3N)cnn2C2CC2)CC1. The van der Waals surface area contributed by atoms with Crippen molar-refractivity contribution in [2.24, 2.45) is 0 Å². The standard InChI is InChI=1S/C23H26F2N6O2S/c1-23(33)8-3-10-30(11-9-23)22-16(12-27-31(22)13-6-7-13)28-20(32)18-19(26)34-21(29-18)17-14(24)4-2-5-15(17)25/h2,4-5,12-13,33H,3,6-11,26H2,1H3,(H,28,32). The first-order valence-electron chi connectivity index (χ1n) is 11.3. The highest BCUT2D eigenvalue weighted by molar-refractivity contribution is 7.19. The summed E-state index contributed by atoms with van der Waals surface area (Å²) in [5.41, 5.74) is 5.41. The second kappa shape index (κ2) is 8.62. The van der Waals surface area contributed by atoms with E-state index in [0.29, 0.717) is 25.1 Å². The molecule has 3 heterocycles. The van der Waals surface area contributed by atoms with Crippen molar-refractivity contribution in [2.45, 2.75) is 50.7 Å². The summed E-state index contributed by atoms with van der Waals surface area (Å²) in [6, 6.07) is 3.81. The lowest BCUT2D eigenvalue weighted by Crippen LogP contribution is -2.30. The summed E-state index contributed by atoms with van der Waals surface area (Å²) in [6.45, 7) is 3.20. The number of amides is 1. The fraction of sp³-hybridized carbons (Fsp3) is 0.435. The zero-order valence-electron chi connectivity index (χ0n) is 18.7. The first kappa shape index (κ1) is 22.7. The maximum Gasteiger partial charge on any atom is 0.277 e. The predicted octanol–water partition coefficient (Wildman–Crippen LogP) is 4.20. The van der Waals surface area contributed by atoms with E-state index in [1.54, 1.807) is 6.20 Å². The van der Waals surface area contributed by atoms with Crippen LogP contribution in [0.25, 0.3) is 10.6 Å². The number of nitrogens with zero attached hydrogens (tertiary/aromatic N) is 4. The average molecular weight is 489 g/mol. The van der Waals surface area contributed by atoms with E-state index in [1.165, 1.54) is 6.07 Å². The maximum absolute atomic E-state index is 14.2. The second-order valence-corrected chi connectivity index (χ2v) is 10.2. The number of aromatic nitrogens is 3. The number of rotatable bonds is 5. The summed E-state index contributed by atoms with van der Waals surface area (Å²) in [4.78, 5) is 19.4. The number of hydrogen-bond acceptors (Lipinski definition) is 7. The number of carbonyl (C=O) groups excluding carboxylic acids is 1. The number of nitrogens with one attached hydrogen (secondary N) is 1. The molecule has 2 fully saturated rings. The molecule has 0 spiro atoms. The van der Waals surface area contributed by atoms with Gasteiger partial charge in [-0.25, -0.2) is 18.4 Å². The Bertz CT molecular complexity index is 1220. The van der Waals surface area contributed by atoms with Gasteiger partial charge in [-0.3, -0.25) is 4.79 Å². The van der Waals surface area contributed by atoms with Crippen molar-refractivity contribution in [1.82, 2.24) is 14.8 Å². The number of thiazole rings is 1. The summed E-state index contributed by atoms with van der Waals surface area (Å²) in [5, 5.41) is 17.9. The van der Waals surface area contributed by atoms with Gasteiger partial charge in [0.1, 0.15) is 27.3 Å². The molecular weight excluding hydrogens is 462 g/mol. The summed E-state index contributed by atoms with van der Waals surface area (Å²) in [5.74, 6) is -1.32. The minimum Gasteiger partial charge on any atom is -0.390 e. The van der Waals surface area contributed by atoms with Crippen LogP contribution in [0, 0.1) is 11.6 Å². The van der Waals surface area contributed by atoms with Crippen LogP contribution >= 0.6 is 11.3 Å². The fourth-order valence-electron chi connectivity index (χ4n) is 4.31. The van der Waals surface area contributed by atoms with E-state index in [2.05, 4.69) is 20.3 Å². The van der Waals surface area contributed by atoms with Gasteiger partial charge in [-0.15, -0.1) is 0 Å². The molecular formula is C23H26F2N6O2S. The molecule has 180 valence electrons. The fourth-order valence-corrected chi connectivity index (χ4v) is 5.18. The topological polar surface area (TPSA) is 109 Å². The highest BCUT2D eigenvalue weighted by Gasteiger charge is 2.33. The van der Waals surface area contributed by atoms with Gasteiger partial charge >= 0.3 is 0 Å². The molecule has 1 saturated carbocycles. The van der Waals surface area contributed by atoms with Gasteiger partial charge in [0.25, 0.3) is 5.91 Å². The second-order valence-electron chi connectivity index (χ2n) is 9.18. The van der Waals surface area contributed by atoms with Crippen LogP contribution in [0.15, 0.2) is 24.4 Å². The van der Waals surface area contributed by atoms with Crippen molar-refractivity contribution in [1.29, 1.82) is 0 Å². The highest BCUT2D eigenvalue weighted by Crippen LogP contribution is 2.42. The Balaban J connectivity index is 1.43. The van der Waals surface area contributed by atoms with E-state index in [4.69, 9.17) is 5.73 Å². The lowest BCUT2D eigenvalue weighted by molar-refractivity contribution is 0.0481. The molecule has 1 atom stereocenters. The molecule has 34 heavy (non-hydrogen) atoms. The van der Waals surface area contributed by atoms with Gasteiger partial charge in [0.05, 0.1) is 23.4 Å². The normalized spacial score (nSPS) is 20.9. The van der Waals surface area contributed by atoms with E-state index in [1.807, 2.05) is 11.6 Å². The Hall–Kier alpha value is -3.05. The molecule has 0 bridgehead atoms. The molecule has 1 amide bonds. The Kier molecular flexibility index (Phi) is 5.76. The van der Waals surface area contributed by atoms with E-state index < -0.39 is 23.1 Å².